The van der Waals surface area contributed by atoms with Crippen LogP contribution in [0.2, 0.25) is 0 Å². The van der Waals surface area contributed by atoms with E-state index in [0.717, 1.165) is 51.4 Å². The fourth-order valence-electron chi connectivity index (χ4n) is 5.80. The summed E-state index contributed by atoms with van der Waals surface area (Å²) in [5.74, 6) is -0.881. The van der Waals surface area contributed by atoms with Crippen LogP contribution in [0, 0.1) is 0 Å². The highest BCUT2D eigenvalue weighted by molar-refractivity contribution is 7.47. The first-order valence-corrected chi connectivity index (χ1v) is 23.9. The van der Waals surface area contributed by atoms with Crippen LogP contribution < -0.4 is 0 Å². The highest BCUT2D eigenvalue weighted by atomic mass is 31.2. The zero-order valence-corrected chi connectivity index (χ0v) is 37.5. The number of allylic oxidation sites excluding steroid dienone is 8. The number of likely N-dealkylation sites (N-methyl/N-ethyl adjacent to an activating group) is 1. The fraction of sp³-hybridized carbons (Fsp3) is 0.783. The van der Waals surface area contributed by atoms with Crippen LogP contribution in [0.15, 0.2) is 48.6 Å². The molecule has 0 radical (unpaired) electrons. The van der Waals surface area contributed by atoms with Gasteiger partial charge in [0.2, 0.25) is 0 Å². The van der Waals surface area contributed by atoms with Crippen LogP contribution in [-0.2, 0) is 32.7 Å². The van der Waals surface area contributed by atoms with E-state index in [1.54, 1.807) is 0 Å². The number of rotatable bonds is 40. The Bertz CT molecular complexity index is 1100. The van der Waals surface area contributed by atoms with E-state index in [4.69, 9.17) is 18.5 Å². The number of quaternary nitrogens is 1. The third-order valence-corrected chi connectivity index (χ3v) is 10.3. The maximum Gasteiger partial charge on any atom is 0.472 e. The van der Waals surface area contributed by atoms with Crippen molar-refractivity contribution in [1.82, 2.24) is 0 Å². The van der Waals surface area contributed by atoms with Crippen LogP contribution in [0.1, 0.15) is 181 Å². The van der Waals surface area contributed by atoms with Crippen molar-refractivity contribution >= 4 is 19.8 Å². The standard InChI is InChI=1S/C46H84NO8P/c1-6-8-10-12-14-16-18-20-22-23-25-27-29-31-33-35-37-39-46(49)55-44(43-54-56(50,51)53-41-40-47(3,4)5)42-52-45(48)38-36-34-32-30-28-26-24-21-19-17-15-13-11-9-7-2/h14,16,20,22,25,27,32,34,44H,6-13,15,17-19,21,23-24,26,28-31,33,35-43H2,1-5H3/p+1/b16-14+,22-20+,27-25+,34-32+/t44-/m1/s1. The van der Waals surface area contributed by atoms with Crippen LogP contribution in [0.25, 0.3) is 0 Å². The van der Waals surface area contributed by atoms with Gasteiger partial charge in [0, 0.05) is 12.8 Å². The van der Waals surface area contributed by atoms with Crippen LogP contribution in [0.5, 0.6) is 0 Å². The summed E-state index contributed by atoms with van der Waals surface area (Å²) < 4.78 is 34.2. The molecule has 0 aliphatic heterocycles. The number of phosphoric acid groups is 1. The average molecular weight is 811 g/mol. The summed E-state index contributed by atoms with van der Waals surface area (Å²) in [5.41, 5.74) is 0. The van der Waals surface area contributed by atoms with E-state index in [1.165, 1.54) is 89.9 Å². The molecule has 56 heavy (non-hydrogen) atoms. The Kier molecular flexibility index (Phi) is 37.1. The number of hydrogen-bond acceptors (Lipinski definition) is 7. The monoisotopic (exact) mass is 811 g/mol. The van der Waals surface area contributed by atoms with Gasteiger partial charge < -0.3 is 18.9 Å². The van der Waals surface area contributed by atoms with Crippen LogP contribution in [-0.4, -0.2) is 74.9 Å². The molecule has 0 fully saturated rings. The van der Waals surface area contributed by atoms with Gasteiger partial charge in [0.15, 0.2) is 6.10 Å². The third kappa shape index (κ3) is 41.6. The second-order valence-electron chi connectivity index (χ2n) is 16.1. The number of hydrogen-bond donors (Lipinski definition) is 1. The lowest BCUT2D eigenvalue weighted by Gasteiger charge is -2.24. The van der Waals surface area contributed by atoms with Gasteiger partial charge in [0.25, 0.3) is 0 Å². The number of carbonyl (C=O) groups excluding carboxylic acids is 2. The molecule has 0 aliphatic rings. The van der Waals surface area contributed by atoms with Crippen LogP contribution in [0.3, 0.4) is 0 Å². The van der Waals surface area contributed by atoms with Gasteiger partial charge in [-0.25, -0.2) is 4.57 Å². The number of nitrogens with zero attached hydrogens (tertiary/aromatic N) is 1. The van der Waals surface area contributed by atoms with E-state index >= 15 is 0 Å². The SMILES string of the molecule is CCCCC/C=C/C/C=C/C/C=C/CCCCCCC(=O)O[C@H](COC(=O)CC/C=C/CCCCCCCCCCCCC)COP(=O)(O)OCC[N+](C)(C)C. The second kappa shape index (κ2) is 38.5. The van der Waals surface area contributed by atoms with Gasteiger partial charge in [0.1, 0.15) is 19.8 Å². The molecule has 10 heteroatoms. The second-order valence-corrected chi connectivity index (χ2v) is 17.5. The van der Waals surface area contributed by atoms with Gasteiger partial charge in [-0.2, -0.15) is 0 Å². The van der Waals surface area contributed by atoms with Gasteiger partial charge in [-0.15, -0.1) is 0 Å². The Morgan fingerprint density at radius 1 is 0.554 bits per heavy atom. The molecule has 9 nitrogen and oxygen atoms in total. The quantitative estimate of drug-likeness (QED) is 0.0214. The maximum absolute atomic E-state index is 12.7. The zero-order chi connectivity index (χ0) is 41.4. The van der Waals surface area contributed by atoms with Crippen molar-refractivity contribution in [2.24, 2.45) is 0 Å². The molecule has 0 saturated heterocycles. The Hall–Kier alpha value is -2.03. The molecular formula is C46H85NO8P+. The summed E-state index contributed by atoms with van der Waals surface area (Å²) in [5, 5.41) is 0. The zero-order valence-electron chi connectivity index (χ0n) is 36.6. The molecule has 1 unspecified atom stereocenters. The highest BCUT2D eigenvalue weighted by Crippen LogP contribution is 2.43. The molecule has 0 aromatic heterocycles. The van der Waals surface area contributed by atoms with E-state index in [1.807, 2.05) is 27.2 Å². The number of esters is 2. The van der Waals surface area contributed by atoms with Gasteiger partial charge >= 0.3 is 19.8 Å². The molecule has 0 aromatic rings. The van der Waals surface area contributed by atoms with Gasteiger partial charge in [-0.3, -0.25) is 18.6 Å². The predicted octanol–water partition coefficient (Wildman–Crippen LogP) is 12.7. The smallest absolute Gasteiger partial charge is 0.462 e. The van der Waals surface area contributed by atoms with E-state index in [-0.39, 0.29) is 26.1 Å². The van der Waals surface area contributed by atoms with Crippen molar-refractivity contribution < 1.29 is 42.1 Å². The minimum absolute atomic E-state index is 0.0213. The normalized spacial score (nSPS) is 14.0. The van der Waals surface area contributed by atoms with Crippen LogP contribution >= 0.6 is 7.82 Å². The first kappa shape index (κ1) is 54.0. The first-order valence-electron chi connectivity index (χ1n) is 22.4. The van der Waals surface area contributed by atoms with E-state index in [0.29, 0.717) is 23.9 Å². The summed E-state index contributed by atoms with van der Waals surface area (Å²) in [6.07, 6.45) is 44.5. The van der Waals surface area contributed by atoms with Gasteiger partial charge in [0.05, 0.1) is 27.7 Å². The van der Waals surface area contributed by atoms with Crippen molar-refractivity contribution in [3.63, 3.8) is 0 Å². The molecule has 0 spiro atoms. The summed E-state index contributed by atoms with van der Waals surface area (Å²) in [4.78, 5) is 35.3. The Balaban J connectivity index is 4.44. The molecule has 0 heterocycles. The minimum Gasteiger partial charge on any atom is -0.462 e. The largest absolute Gasteiger partial charge is 0.472 e. The number of ether oxygens (including phenoxy) is 2. The summed E-state index contributed by atoms with van der Waals surface area (Å²) >= 11 is 0. The molecule has 0 rings (SSSR count). The van der Waals surface area contributed by atoms with E-state index in [2.05, 4.69) is 56.4 Å². The van der Waals surface area contributed by atoms with E-state index < -0.39 is 32.5 Å². The maximum atomic E-state index is 12.7. The number of phosphoric ester groups is 1. The lowest BCUT2D eigenvalue weighted by atomic mass is 10.1. The molecule has 0 aliphatic carbocycles. The first-order chi connectivity index (χ1) is 27.0. The molecule has 1 N–H and O–H groups in total. The topological polar surface area (TPSA) is 108 Å². The molecule has 0 amide bonds. The van der Waals surface area contributed by atoms with Crippen molar-refractivity contribution in [2.45, 2.75) is 187 Å². The lowest BCUT2D eigenvalue weighted by Crippen LogP contribution is -2.37. The minimum atomic E-state index is -4.39. The highest BCUT2D eigenvalue weighted by Gasteiger charge is 2.27. The number of carbonyl (C=O) groups is 2. The lowest BCUT2D eigenvalue weighted by molar-refractivity contribution is -0.870. The Labute approximate surface area is 343 Å². The third-order valence-electron chi connectivity index (χ3n) is 9.34. The number of unbranched alkanes of at least 4 members (excludes halogenated alkanes) is 18. The molecule has 0 bridgehead atoms. The van der Waals surface area contributed by atoms with Crippen molar-refractivity contribution in [2.75, 3.05) is 47.5 Å². The van der Waals surface area contributed by atoms with Crippen molar-refractivity contribution in [3.8, 4) is 0 Å². The fourth-order valence-corrected chi connectivity index (χ4v) is 6.54. The molecule has 326 valence electrons. The van der Waals surface area contributed by atoms with E-state index in [9.17, 15) is 19.0 Å². The predicted molar refractivity (Wildman–Crippen MR) is 233 cm³/mol. The molecular weight excluding hydrogens is 725 g/mol. The molecule has 0 saturated carbocycles. The summed E-state index contributed by atoms with van der Waals surface area (Å²) in [6.45, 7) is 4.32. The van der Waals surface area contributed by atoms with Crippen molar-refractivity contribution in [1.29, 1.82) is 0 Å². The summed E-state index contributed by atoms with van der Waals surface area (Å²) in [6, 6.07) is 0. The van der Waals surface area contributed by atoms with Crippen LogP contribution in [0.4, 0.5) is 0 Å². The average Bonchev–Trinajstić information content (AvgIpc) is 3.15. The summed E-state index contributed by atoms with van der Waals surface area (Å²) in [7, 11) is 1.44. The molecule has 0 aromatic carbocycles. The molecule has 2 atom stereocenters. The Morgan fingerprint density at radius 2 is 1.00 bits per heavy atom. The Morgan fingerprint density at radius 3 is 1.55 bits per heavy atom. The van der Waals surface area contributed by atoms with Gasteiger partial charge in [-0.1, -0.05) is 152 Å². The van der Waals surface area contributed by atoms with Crippen molar-refractivity contribution in [3.05, 3.63) is 48.6 Å². The van der Waals surface area contributed by atoms with Gasteiger partial charge in [-0.05, 0) is 64.2 Å².